The van der Waals surface area contributed by atoms with Gasteiger partial charge < -0.3 is 9.88 Å². The number of aromatic amines is 1. The molecule has 1 aromatic heterocycles. The number of pyridine rings is 1. The van der Waals surface area contributed by atoms with Crippen LogP contribution in [0.4, 0.5) is 0 Å². The van der Waals surface area contributed by atoms with Gasteiger partial charge in [0.2, 0.25) is 0 Å². The smallest absolute Gasteiger partial charge is 0.260 e. The molecular weight excluding hydrogens is 312 g/mol. The van der Waals surface area contributed by atoms with Crippen LogP contribution in [-0.2, 0) is 0 Å². The number of nitrogens with zero attached hydrogens (tertiary/aromatic N) is 1. The second kappa shape index (κ2) is 5.85. The van der Waals surface area contributed by atoms with Gasteiger partial charge in [0, 0.05) is 25.2 Å². The maximum absolute atomic E-state index is 12.7. The van der Waals surface area contributed by atoms with E-state index in [2.05, 4.69) is 31.0 Å². The maximum Gasteiger partial charge on any atom is 0.260 e. The summed E-state index contributed by atoms with van der Waals surface area (Å²) < 4.78 is 0. The van der Waals surface area contributed by atoms with Crippen molar-refractivity contribution in [3.63, 3.8) is 0 Å². The lowest BCUT2D eigenvalue weighted by Crippen LogP contribution is -2.34. The van der Waals surface area contributed by atoms with Gasteiger partial charge in [-0.3, -0.25) is 9.59 Å². The molecule has 120 valence electrons. The Morgan fingerprint density at radius 3 is 2.70 bits per heavy atom. The van der Waals surface area contributed by atoms with Gasteiger partial charge in [-0.05, 0) is 17.0 Å². The summed E-state index contributed by atoms with van der Waals surface area (Å²) in [6.45, 7) is 5.51. The molecule has 0 saturated carbocycles. The van der Waals surface area contributed by atoms with Crippen molar-refractivity contribution in [2.45, 2.75) is 19.8 Å². The van der Waals surface area contributed by atoms with E-state index in [1.807, 2.05) is 18.2 Å². The second-order valence-corrected chi connectivity index (χ2v) is 7.13. The van der Waals surface area contributed by atoms with Gasteiger partial charge in [0.25, 0.3) is 11.5 Å². The minimum Gasteiger partial charge on any atom is -0.337 e. The van der Waals surface area contributed by atoms with Gasteiger partial charge in [-0.15, -0.1) is 0 Å². The molecule has 1 N–H and O–H groups in total. The lowest BCUT2D eigenvalue weighted by atomic mass is 9.78. The molecular formula is C18H19ClN2O2. The van der Waals surface area contributed by atoms with E-state index in [9.17, 15) is 9.59 Å². The van der Waals surface area contributed by atoms with Crippen LogP contribution < -0.4 is 5.56 Å². The van der Waals surface area contributed by atoms with Crippen LogP contribution in [-0.4, -0.2) is 28.9 Å². The van der Waals surface area contributed by atoms with Gasteiger partial charge in [0.15, 0.2) is 0 Å². The fourth-order valence-electron chi connectivity index (χ4n) is 3.32. The summed E-state index contributed by atoms with van der Waals surface area (Å²) in [7, 11) is 0. The maximum atomic E-state index is 12.7. The van der Waals surface area contributed by atoms with E-state index in [0.29, 0.717) is 18.1 Å². The van der Waals surface area contributed by atoms with Gasteiger partial charge in [0.1, 0.15) is 5.56 Å². The first-order chi connectivity index (χ1) is 10.9. The standard InChI is InChI=1S/C18H19ClN2O2/c1-18(2)11-21(10-15(18)12-6-4-3-5-7-12)17(23)14-8-13(19)9-20-16(14)22/h3-9,15H,10-11H2,1-2H3,(H,20,22)/t15-/m1/s1. The Bertz CT molecular complexity index is 783. The van der Waals surface area contributed by atoms with E-state index < -0.39 is 5.56 Å². The average molecular weight is 331 g/mol. The molecule has 1 amide bonds. The fraction of sp³-hybridized carbons (Fsp3) is 0.333. The van der Waals surface area contributed by atoms with Crippen molar-refractivity contribution in [1.82, 2.24) is 9.88 Å². The van der Waals surface area contributed by atoms with E-state index in [4.69, 9.17) is 11.6 Å². The molecule has 1 aliphatic heterocycles. The normalized spacial score (nSPS) is 19.8. The highest BCUT2D eigenvalue weighted by atomic mass is 35.5. The summed E-state index contributed by atoms with van der Waals surface area (Å²) in [6, 6.07) is 11.6. The zero-order valence-corrected chi connectivity index (χ0v) is 13.9. The number of aromatic nitrogens is 1. The highest BCUT2D eigenvalue weighted by Gasteiger charge is 2.42. The van der Waals surface area contributed by atoms with Crippen LogP contribution in [0.15, 0.2) is 47.4 Å². The molecule has 2 aromatic rings. The third-order valence-electron chi connectivity index (χ3n) is 4.53. The largest absolute Gasteiger partial charge is 0.337 e. The number of hydrogen-bond acceptors (Lipinski definition) is 2. The Labute approximate surface area is 140 Å². The topological polar surface area (TPSA) is 53.2 Å². The molecule has 0 radical (unpaired) electrons. The third-order valence-corrected chi connectivity index (χ3v) is 4.75. The number of carbonyl (C=O) groups is 1. The number of benzene rings is 1. The minimum atomic E-state index is -0.402. The summed E-state index contributed by atoms with van der Waals surface area (Å²) in [5.41, 5.74) is 0.859. The molecule has 0 aliphatic carbocycles. The molecule has 4 nitrogen and oxygen atoms in total. The number of halogens is 1. The van der Waals surface area contributed by atoms with Crippen molar-refractivity contribution in [3.05, 3.63) is 69.1 Å². The van der Waals surface area contributed by atoms with Crippen LogP contribution in [0.3, 0.4) is 0 Å². The van der Waals surface area contributed by atoms with Gasteiger partial charge in [-0.2, -0.15) is 0 Å². The van der Waals surface area contributed by atoms with Crippen LogP contribution in [0.2, 0.25) is 5.02 Å². The molecule has 23 heavy (non-hydrogen) atoms. The number of carbonyl (C=O) groups excluding carboxylic acids is 1. The van der Waals surface area contributed by atoms with Crippen molar-refractivity contribution < 1.29 is 4.79 Å². The molecule has 1 saturated heterocycles. The number of hydrogen-bond donors (Lipinski definition) is 1. The highest BCUT2D eigenvalue weighted by molar-refractivity contribution is 6.30. The van der Waals surface area contributed by atoms with Crippen LogP contribution in [0, 0.1) is 5.41 Å². The fourth-order valence-corrected chi connectivity index (χ4v) is 3.48. The van der Waals surface area contributed by atoms with Crippen molar-refractivity contribution in [3.8, 4) is 0 Å². The molecule has 0 unspecified atom stereocenters. The van der Waals surface area contributed by atoms with E-state index in [1.165, 1.54) is 17.8 Å². The Morgan fingerprint density at radius 2 is 2.00 bits per heavy atom. The molecule has 1 atom stereocenters. The number of amides is 1. The lowest BCUT2D eigenvalue weighted by Gasteiger charge is -2.25. The molecule has 3 rings (SSSR count). The predicted molar refractivity (Wildman–Crippen MR) is 90.9 cm³/mol. The zero-order valence-electron chi connectivity index (χ0n) is 13.2. The first-order valence-corrected chi connectivity index (χ1v) is 7.99. The van der Waals surface area contributed by atoms with E-state index in [-0.39, 0.29) is 22.8 Å². The summed E-state index contributed by atoms with van der Waals surface area (Å²) in [5.74, 6) is -0.0221. The second-order valence-electron chi connectivity index (χ2n) is 6.70. The summed E-state index contributed by atoms with van der Waals surface area (Å²) in [4.78, 5) is 28.9. The Balaban J connectivity index is 1.90. The van der Waals surface area contributed by atoms with Crippen molar-refractivity contribution in [2.75, 3.05) is 13.1 Å². The van der Waals surface area contributed by atoms with E-state index in [0.717, 1.165) is 0 Å². The molecule has 0 spiro atoms. The highest BCUT2D eigenvalue weighted by Crippen LogP contribution is 2.42. The number of likely N-dealkylation sites (tertiary alicyclic amines) is 1. The monoisotopic (exact) mass is 330 g/mol. The first kappa shape index (κ1) is 15.8. The number of nitrogens with one attached hydrogen (secondary N) is 1. The van der Waals surface area contributed by atoms with E-state index >= 15 is 0 Å². The zero-order chi connectivity index (χ0) is 16.6. The van der Waals surface area contributed by atoms with Crippen molar-refractivity contribution in [2.24, 2.45) is 5.41 Å². The first-order valence-electron chi connectivity index (χ1n) is 7.61. The summed E-state index contributed by atoms with van der Waals surface area (Å²) >= 11 is 5.91. The molecule has 1 aliphatic rings. The number of H-pyrrole nitrogens is 1. The molecule has 2 heterocycles. The lowest BCUT2D eigenvalue weighted by molar-refractivity contribution is 0.0776. The summed E-state index contributed by atoms with van der Waals surface area (Å²) in [5, 5.41) is 0.353. The molecule has 0 bridgehead atoms. The van der Waals surface area contributed by atoms with Gasteiger partial charge in [0.05, 0.1) is 5.02 Å². The Hall–Kier alpha value is -2.07. The molecule has 1 fully saturated rings. The van der Waals surface area contributed by atoms with Gasteiger partial charge >= 0.3 is 0 Å². The van der Waals surface area contributed by atoms with Crippen molar-refractivity contribution >= 4 is 17.5 Å². The van der Waals surface area contributed by atoms with Gasteiger partial charge in [-0.1, -0.05) is 55.8 Å². The van der Waals surface area contributed by atoms with Crippen LogP contribution in [0.1, 0.15) is 35.7 Å². The molecule has 1 aromatic carbocycles. The Morgan fingerprint density at radius 1 is 1.30 bits per heavy atom. The third kappa shape index (κ3) is 3.04. The van der Waals surface area contributed by atoms with E-state index in [1.54, 1.807) is 4.90 Å². The Kier molecular flexibility index (Phi) is 4.02. The number of rotatable bonds is 2. The van der Waals surface area contributed by atoms with Crippen LogP contribution in [0.5, 0.6) is 0 Å². The summed E-state index contributed by atoms with van der Waals surface area (Å²) in [6.07, 6.45) is 1.39. The van der Waals surface area contributed by atoms with Crippen LogP contribution in [0.25, 0.3) is 0 Å². The average Bonchev–Trinajstić information content (AvgIpc) is 2.85. The van der Waals surface area contributed by atoms with Crippen molar-refractivity contribution in [1.29, 1.82) is 0 Å². The van der Waals surface area contributed by atoms with Gasteiger partial charge in [-0.25, -0.2) is 0 Å². The minimum absolute atomic E-state index is 0.0532. The van der Waals surface area contributed by atoms with Crippen LogP contribution >= 0.6 is 11.6 Å². The molecule has 5 heteroatoms. The SMILES string of the molecule is CC1(C)CN(C(=O)c2cc(Cl)c[nH]c2=O)C[C@@H]1c1ccccc1. The predicted octanol–water partition coefficient (Wildman–Crippen LogP) is 3.29. The quantitative estimate of drug-likeness (QED) is 0.918.